The molecule has 0 aliphatic carbocycles. The fourth-order valence-electron chi connectivity index (χ4n) is 6.24. The van der Waals surface area contributed by atoms with E-state index < -0.39 is 13.3 Å². The van der Waals surface area contributed by atoms with Crippen LogP contribution in [0, 0.1) is 5.82 Å². The quantitative estimate of drug-likeness (QED) is 0.209. The van der Waals surface area contributed by atoms with E-state index in [2.05, 4.69) is 104 Å². The van der Waals surface area contributed by atoms with Crippen LogP contribution in [0.15, 0.2) is 78.9 Å². The number of benzene rings is 4. The summed E-state index contributed by atoms with van der Waals surface area (Å²) in [6.45, 7) is 9.08. The fourth-order valence-corrected chi connectivity index (χ4v) is 13.4. The molecule has 1 aliphatic heterocycles. The summed E-state index contributed by atoms with van der Waals surface area (Å²) in [5, 5.41) is 0. The van der Waals surface area contributed by atoms with Crippen molar-refractivity contribution in [1.82, 2.24) is 9.55 Å². The first-order valence-electron chi connectivity index (χ1n) is 13.2. The Morgan fingerprint density at radius 2 is 1.38 bits per heavy atom. The van der Waals surface area contributed by atoms with Crippen LogP contribution in [0.4, 0.5) is 4.39 Å². The van der Waals surface area contributed by atoms with Crippen LogP contribution in [-0.2, 0) is 0 Å². The Labute approximate surface area is 221 Å². The van der Waals surface area contributed by atoms with E-state index in [1.165, 1.54) is 42.3 Å². The first kappa shape index (κ1) is 24.2. The van der Waals surface area contributed by atoms with Gasteiger partial charge >= 0.3 is 222 Å². The molecule has 0 radical (unpaired) electrons. The van der Waals surface area contributed by atoms with Crippen molar-refractivity contribution < 1.29 is 4.39 Å². The van der Waals surface area contributed by atoms with Gasteiger partial charge in [-0.15, -0.1) is 0 Å². The number of halogens is 1. The van der Waals surface area contributed by atoms with Gasteiger partial charge in [0.25, 0.3) is 0 Å². The van der Waals surface area contributed by atoms with Crippen LogP contribution in [-0.4, -0.2) is 22.8 Å². The van der Waals surface area contributed by atoms with Crippen molar-refractivity contribution in [2.75, 3.05) is 0 Å². The molecule has 37 heavy (non-hydrogen) atoms. The monoisotopic (exact) mass is 550 g/mol. The SMILES string of the molecule is CC(C)c1cccc(C(C)C)c1-n1c(-c2cccc3[c]2[Ge]([CH3])([CH3])[c]2cc(F)ccc2-3)nc2ccccc21. The van der Waals surface area contributed by atoms with Crippen LogP contribution in [0.25, 0.3) is 39.2 Å². The second kappa shape index (κ2) is 8.70. The van der Waals surface area contributed by atoms with Gasteiger partial charge in [-0.2, -0.15) is 0 Å². The number of nitrogens with zero attached hydrogens (tertiary/aromatic N) is 2. The molecule has 186 valence electrons. The number of para-hydroxylation sites is 3. The zero-order valence-corrected chi connectivity index (χ0v) is 24.5. The summed E-state index contributed by atoms with van der Waals surface area (Å²) in [6, 6.07) is 27.1. The third kappa shape index (κ3) is 3.62. The molecule has 0 spiro atoms. The molecule has 4 aromatic carbocycles. The molecule has 0 unspecified atom stereocenters. The van der Waals surface area contributed by atoms with Crippen molar-refractivity contribution >= 4 is 33.1 Å². The van der Waals surface area contributed by atoms with Crippen molar-refractivity contribution in [3.63, 3.8) is 0 Å². The molecular weight excluding hydrogens is 516 g/mol. The van der Waals surface area contributed by atoms with E-state index >= 15 is 0 Å². The summed E-state index contributed by atoms with van der Waals surface area (Å²) in [6.07, 6.45) is 0. The molecule has 4 heteroatoms. The summed E-state index contributed by atoms with van der Waals surface area (Å²) in [5.74, 6) is 6.35. The topological polar surface area (TPSA) is 17.8 Å². The molecule has 1 aliphatic rings. The number of imidazole rings is 1. The predicted octanol–water partition coefficient (Wildman–Crippen LogP) is 7.88. The number of hydrogen-bond acceptors (Lipinski definition) is 1. The van der Waals surface area contributed by atoms with Crippen molar-refractivity contribution in [2.24, 2.45) is 0 Å². The Morgan fingerprint density at radius 1 is 0.730 bits per heavy atom. The molecule has 0 fully saturated rings. The van der Waals surface area contributed by atoms with Crippen molar-refractivity contribution in [1.29, 1.82) is 0 Å². The van der Waals surface area contributed by atoms with Crippen LogP contribution >= 0.6 is 0 Å². The van der Waals surface area contributed by atoms with E-state index in [4.69, 9.17) is 4.98 Å². The first-order chi connectivity index (χ1) is 17.7. The number of fused-ring (bicyclic) bond motifs is 4. The normalized spacial score (nSPS) is 14.0. The van der Waals surface area contributed by atoms with Gasteiger partial charge in [0, 0.05) is 0 Å². The maximum atomic E-state index is 14.4. The van der Waals surface area contributed by atoms with E-state index in [1.54, 1.807) is 12.1 Å². The van der Waals surface area contributed by atoms with E-state index in [1.807, 2.05) is 6.07 Å². The van der Waals surface area contributed by atoms with Gasteiger partial charge in [-0.25, -0.2) is 0 Å². The maximum absolute atomic E-state index is 14.4. The van der Waals surface area contributed by atoms with Crippen LogP contribution < -0.4 is 8.79 Å². The van der Waals surface area contributed by atoms with E-state index in [-0.39, 0.29) is 5.82 Å². The van der Waals surface area contributed by atoms with Gasteiger partial charge < -0.3 is 0 Å². The Balaban J connectivity index is 1.74. The summed E-state index contributed by atoms with van der Waals surface area (Å²) < 4.78 is 19.5. The summed E-state index contributed by atoms with van der Waals surface area (Å²) in [4.78, 5) is 5.30. The van der Waals surface area contributed by atoms with Crippen molar-refractivity contribution in [3.8, 4) is 28.2 Å². The number of aromatic nitrogens is 2. The Hall–Kier alpha value is -3.18. The molecule has 0 atom stereocenters. The van der Waals surface area contributed by atoms with Gasteiger partial charge in [0.05, 0.1) is 0 Å². The van der Waals surface area contributed by atoms with Crippen LogP contribution in [0.1, 0.15) is 50.7 Å². The summed E-state index contributed by atoms with van der Waals surface area (Å²) in [7, 11) is 0. The Bertz CT molecular complexity index is 1650. The molecule has 2 heterocycles. The van der Waals surface area contributed by atoms with Crippen molar-refractivity contribution in [2.45, 2.75) is 51.0 Å². The van der Waals surface area contributed by atoms with Gasteiger partial charge in [0.2, 0.25) is 0 Å². The van der Waals surface area contributed by atoms with Crippen LogP contribution in [0.2, 0.25) is 11.5 Å². The van der Waals surface area contributed by atoms with E-state index in [9.17, 15) is 4.39 Å². The standard InChI is InChI=1S/C33H33FGeN2/c1-20(2)23-11-9-12-24(21(3)4)32(23)37-30-16-8-7-15-29(30)36-33(37)27-14-10-13-26-25-18-17-22(34)19-28(25)35(5,6)31(26)27/h7-21H,1-6H3. The average Bonchev–Trinajstić information content (AvgIpc) is 3.36. The molecule has 2 nitrogen and oxygen atoms in total. The zero-order chi connectivity index (χ0) is 26.1. The minimum atomic E-state index is -2.81. The van der Waals surface area contributed by atoms with Gasteiger partial charge in [0.1, 0.15) is 0 Å². The van der Waals surface area contributed by atoms with E-state index in [0.29, 0.717) is 11.8 Å². The van der Waals surface area contributed by atoms with Gasteiger partial charge in [0.15, 0.2) is 0 Å². The van der Waals surface area contributed by atoms with Crippen molar-refractivity contribution in [3.05, 3.63) is 95.8 Å². The summed E-state index contributed by atoms with van der Waals surface area (Å²) in [5.41, 5.74) is 9.65. The number of hydrogen-bond donors (Lipinski definition) is 0. The molecule has 6 rings (SSSR count). The van der Waals surface area contributed by atoms with Crippen LogP contribution in [0.3, 0.4) is 0 Å². The fraction of sp³-hybridized carbons (Fsp3) is 0.242. The summed E-state index contributed by atoms with van der Waals surface area (Å²) >= 11 is -2.81. The Kier molecular flexibility index (Phi) is 5.68. The molecule has 5 aromatic rings. The molecule has 0 saturated heterocycles. The second-order valence-electron chi connectivity index (χ2n) is 11.4. The van der Waals surface area contributed by atoms with Crippen LogP contribution in [0.5, 0.6) is 0 Å². The average molecular weight is 549 g/mol. The molecule has 1 aromatic heterocycles. The number of rotatable bonds is 4. The molecular formula is C33H33FGeN2. The van der Waals surface area contributed by atoms with E-state index in [0.717, 1.165) is 16.9 Å². The minimum absolute atomic E-state index is 0.147. The third-order valence-corrected chi connectivity index (χ3v) is 15.4. The van der Waals surface area contributed by atoms with Gasteiger partial charge in [-0.3, -0.25) is 0 Å². The Morgan fingerprint density at radius 3 is 2.08 bits per heavy atom. The molecule has 0 saturated carbocycles. The van der Waals surface area contributed by atoms with Gasteiger partial charge in [-0.05, 0) is 0 Å². The van der Waals surface area contributed by atoms with Gasteiger partial charge in [-0.1, -0.05) is 0 Å². The molecule has 0 N–H and O–H groups in total. The third-order valence-electron chi connectivity index (χ3n) is 8.00. The predicted molar refractivity (Wildman–Crippen MR) is 157 cm³/mol. The first-order valence-corrected chi connectivity index (χ1v) is 19.5. The second-order valence-corrected chi connectivity index (χ2v) is 20.4. The zero-order valence-electron chi connectivity index (χ0n) is 22.4. The molecule has 0 bridgehead atoms. The molecule has 0 amide bonds.